The third-order valence-electron chi connectivity index (χ3n) is 3.75. The van der Waals surface area contributed by atoms with Crippen LogP contribution >= 0.6 is 11.3 Å². The van der Waals surface area contributed by atoms with E-state index in [1.165, 1.54) is 11.3 Å². The molecule has 0 saturated heterocycles. The third-order valence-corrected chi connectivity index (χ3v) is 4.70. The maximum atomic E-state index is 6.11. The third kappa shape index (κ3) is 3.03. The van der Waals surface area contributed by atoms with Crippen LogP contribution in [0.25, 0.3) is 21.9 Å². The molecule has 3 aromatic heterocycles. The maximum Gasteiger partial charge on any atom is 0.192 e. The molecule has 4 aromatic rings. The summed E-state index contributed by atoms with van der Waals surface area (Å²) < 4.78 is 7.07. The number of nitrogen functional groups attached to an aromatic ring is 1. The number of rotatable bonds is 4. The molecule has 0 unspecified atom stereocenters. The monoisotopic (exact) mass is 352 g/mol. The molecule has 0 saturated carbocycles. The number of aryl methyl sites for hydroxylation is 1. The summed E-state index contributed by atoms with van der Waals surface area (Å²) in [6, 6.07) is 7.86. The van der Waals surface area contributed by atoms with Crippen molar-refractivity contribution < 1.29 is 4.74 Å². The highest BCUT2D eigenvalue weighted by atomic mass is 32.1. The van der Waals surface area contributed by atoms with E-state index in [1.807, 2.05) is 42.8 Å². The van der Waals surface area contributed by atoms with Gasteiger partial charge in [0.1, 0.15) is 11.6 Å². The molecule has 0 atom stereocenters. The second-order valence-electron chi connectivity index (χ2n) is 5.64. The van der Waals surface area contributed by atoms with Crippen LogP contribution in [0.3, 0.4) is 0 Å². The highest BCUT2D eigenvalue weighted by Crippen LogP contribution is 2.25. The molecule has 25 heavy (non-hydrogen) atoms. The Balaban J connectivity index is 1.71. The molecule has 1 aromatic carbocycles. The minimum absolute atomic E-state index is 0.407. The first-order valence-corrected chi connectivity index (χ1v) is 8.56. The molecule has 0 fully saturated rings. The Morgan fingerprint density at radius 1 is 1.24 bits per heavy atom. The van der Waals surface area contributed by atoms with Gasteiger partial charge in [-0.05, 0) is 24.6 Å². The lowest BCUT2D eigenvalue weighted by Gasteiger charge is -2.04. The first kappa shape index (κ1) is 15.5. The van der Waals surface area contributed by atoms with Crippen molar-refractivity contribution in [1.29, 1.82) is 0 Å². The van der Waals surface area contributed by atoms with Gasteiger partial charge in [0.05, 0.1) is 19.0 Å². The van der Waals surface area contributed by atoms with E-state index < -0.39 is 0 Å². The Morgan fingerprint density at radius 3 is 2.88 bits per heavy atom. The lowest BCUT2D eigenvalue weighted by molar-refractivity contribution is 0.414. The Labute approximate surface area is 148 Å². The van der Waals surface area contributed by atoms with Gasteiger partial charge < -0.3 is 10.5 Å². The Kier molecular flexibility index (Phi) is 3.81. The van der Waals surface area contributed by atoms with E-state index in [2.05, 4.69) is 20.1 Å². The summed E-state index contributed by atoms with van der Waals surface area (Å²) in [6.07, 6.45) is 1.86. The molecule has 0 aliphatic rings. The summed E-state index contributed by atoms with van der Waals surface area (Å²) in [6.45, 7) is 2.53. The molecular formula is C17H16N6OS. The fourth-order valence-corrected chi connectivity index (χ4v) is 3.29. The van der Waals surface area contributed by atoms with Crippen molar-refractivity contribution in [2.24, 2.45) is 0 Å². The van der Waals surface area contributed by atoms with Crippen molar-refractivity contribution in [3.63, 3.8) is 0 Å². The first-order chi connectivity index (χ1) is 12.1. The summed E-state index contributed by atoms with van der Waals surface area (Å²) in [5, 5.41) is 7.98. The minimum atomic E-state index is 0.407. The van der Waals surface area contributed by atoms with Crippen LogP contribution in [0.1, 0.15) is 11.3 Å². The van der Waals surface area contributed by atoms with Crippen molar-refractivity contribution in [3.05, 3.63) is 47.1 Å². The van der Waals surface area contributed by atoms with Gasteiger partial charge in [-0.1, -0.05) is 12.1 Å². The summed E-state index contributed by atoms with van der Waals surface area (Å²) in [7, 11) is 1.65. The largest absolute Gasteiger partial charge is 0.497 e. The highest BCUT2D eigenvalue weighted by molar-refractivity contribution is 7.13. The van der Waals surface area contributed by atoms with Gasteiger partial charge >= 0.3 is 0 Å². The van der Waals surface area contributed by atoms with Crippen LogP contribution in [0.5, 0.6) is 5.75 Å². The van der Waals surface area contributed by atoms with E-state index in [0.717, 1.165) is 27.4 Å². The number of thiazole rings is 1. The molecule has 0 aliphatic carbocycles. The average molecular weight is 352 g/mol. The number of aromatic nitrogens is 5. The van der Waals surface area contributed by atoms with E-state index >= 15 is 0 Å². The van der Waals surface area contributed by atoms with E-state index in [4.69, 9.17) is 10.5 Å². The number of anilines is 1. The fourth-order valence-electron chi connectivity index (χ4n) is 2.57. The molecule has 0 amide bonds. The smallest absolute Gasteiger partial charge is 0.192 e. The number of methoxy groups -OCH3 is 1. The van der Waals surface area contributed by atoms with Crippen LogP contribution in [0.4, 0.5) is 5.82 Å². The van der Waals surface area contributed by atoms with Crippen molar-refractivity contribution >= 4 is 28.2 Å². The molecule has 0 bridgehead atoms. The molecule has 0 spiro atoms. The molecule has 126 valence electrons. The zero-order valence-corrected chi connectivity index (χ0v) is 14.6. The number of nitrogens with zero attached hydrogens (tertiary/aromatic N) is 5. The topological polar surface area (TPSA) is 91.7 Å². The van der Waals surface area contributed by atoms with E-state index in [-0.39, 0.29) is 0 Å². The fraction of sp³-hybridized carbons (Fsp3) is 0.176. The maximum absolute atomic E-state index is 6.11. The number of benzene rings is 1. The molecule has 3 heterocycles. The summed E-state index contributed by atoms with van der Waals surface area (Å²) >= 11 is 1.49. The van der Waals surface area contributed by atoms with Crippen LogP contribution in [-0.4, -0.2) is 31.8 Å². The van der Waals surface area contributed by atoms with Crippen molar-refractivity contribution in [2.75, 3.05) is 12.8 Å². The second-order valence-corrected chi connectivity index (χ2v) is 6.50. The predicted molar refractivity (Wildman–Crippen MR) is 97.7 cm³/mol. The van der Waals surface area contributed by atoms with Gasteiger partial charge in [0.15, 0.2) is 16.5 Å². The molecule has 4 rings (SSSR count). The van der Waals surface area contributed by atoms with Crippen molar-refractivity contribution in [2.45, 2.75) is 13.5 Å². The Bertz CT molecular complexity index is 1050. The lowest BCUT2D eigenvalue weighted by atomic mass is 10.2. The SMILES string of the molecule is COc1cccc(Cn2cc3c(N)nc(-c4nc(C)cs4)nc3n2)c1. The molecule has 0 aliphatic heterocycles. The zero-order valence-electron chi connectivity index (χ0n) is 13.8. The molecular weight excluding hydrogens is 336 g/mol. The van der Waals surface area contributed by atoms with E-state index in [1.54, 1.807) is 11.8 Å². The normalized spacial score (nSPS) is 11.1. The number of hydrogen-bond acceptors (Lipinski definition) is 7. The second kappa shape index (κ2) is 6.14. The first-order valence-electron chi connectivity index (χ1n) is 7.68. The van der Waals surface area contributed by atoms with E-state index in [9.17, 15) is 0 Å². The van der Waals surface area contributed by atoms with Gasteiger partial charge in [0.2, 0.25) is 0 Å². The van der Waals surface area contributed by atoms with Crippen molar-refractivity contribution in [3.8, 4) is 16.6 Å². The van der Waals surface area contributed by atoms with Crippen LogP contribution in [0.2, 0.25) is 0 Å². The molecule has 2 N–H and O–H groups in total. The summed E-state index contributed by atoms with van der Waals surface area (Å²) in [5.41, 5.74) is 8.69. The van der Waals surface area contributed by atoms with Gasteiger partial charge in [-0.2, -0.15) is 5.10 Å². The number of nitrogens with two attached hydrogens (primary N) is 1. The van der Waals surface area contributed by atoms with Gasteiger partial charge in [-0.15, -0.1) is 11.3 Å². The predicted octanol–water partition coefficient (Wildman–Crippen LogP) is 2.90. The van der Waals surface area contributed by atoms with Crippen LogP contribution in [0.15, 0.2) is 35.8 Å². The number of hydrogen-bond donors (Lipinski definition) is 1. The van der Waals surface area contributed by atoms with E-state index in [0.29, 0.717) is 23.8 Å². The standard InChI is InChI=1S/C17H16N6OS/c1-10-9-25-17(19-10)16-20-14(18)13-8-23(22-15(13)21-16)7-11-4-3-5-12(6-11)24-2/h3-6,8-9H,7H2,1-2H3,(H2,18,20,21,22). The molecule has 7 nitrogen and oxygen atoms in total. The Hall–Kier alpha value is -3.00. The van der Waals surface area contributed by atoms with Crippen molar-refractivity contribution in [1.82, 2.24) is 24.7 Å². The minimum Gasteiger partial charge on any atom is -0.497 e. The van der Waals surface area contributed by atoms with Gasteiger partial charge in [0.25, 0.3) is 0 Å². The van der Waals surface area contributed by atoms with Gasteiger partial charge in [-0.25, -0.2) is 15.0 Å². The Morgan fingerprint density at radius 2 is 2.12 bits per heavy atom. The van der Waals surface area contributed by atoms with Crippen LogP contribution in [-0.2, 0) is 6.54 Å². The average Bonchev–Trinajstić information content (AvgIpc) is 3.21. The number of ether oxygens (including phenoxy) is 1. The number of fused-ring (bicyclic) bond motifs is 1. The molecule has 8 heteroatoms. The van der Waals surface area contributed by atoms with Crippen LogP contribution < -0.4 is 10.5 Å². The quantitative estimate of drug-likeness (QED) is 0.607. The summed E-state index contributed by atoms with van der Waals surface area (Å²) in [5.74, 6) is 1.73. The van der Waals surface area contributed by atoms with Gasteiger partial charge in [-0.3, -0.25) is 4.68 Å². The van der Waals surface area contributed by atoms with Gasteiger partial charge in [0, 0.05) is 17.3 Å². The highest BCUT2D eigenvalue weighted by Gasteiger charge is 2.13. The molecule has 0 radical (unpaired) electrons. The zero-order chi connectivity index (χ0) is 17.4. The summed E-state index contributed by atoms with van der Waals surface area (Å²) in [4.78, 5) is 13.3. The lowest BCUT2D eigenvalue weighted by Crippen LogP contribution is -2.00. The van der Waals surface area contributed by atoms with Crippen LogP contribution in [0, 0.1) is 6.92 Å².